The summed E-state index contributed by atoms with van der Waals surface area (Å²) < 4.78 is 10.9. The molecule has 3 atom stereocenters. The monoisotopic (exact) mass is 308 g/mol. The predicted octanol–water partition coefficient (Wildman–Crippen LogP) is 1.67. The van der Waals surface area contributed by atoms with E-state index < -0.39 is 23.3 Å². The van der Waals surface area contributed by atoms with Crippen LogP contribution in [0.3, 0.4) is 0 Å². The molecule has 3 rings (SSSR count). The Hall–Kier alpha value is -1.50. The smallest absolute Gasteiger partial charge is 0.336 e. The standard InChI is InChI=1S/C15H16O5S/c1-8-4-14(18)20-13-6-10(2-3-11(8)13)19-15-12(17)5-9(16)7-21-15/h2-4,6,9,12,15-17H,5,7H2,1H3/t9?,12?,15-/m1/s1. The van der Waals surface area contributed by atoms with Crippen LogP contribution in [0, 0.1) is 6.92 Å². The van der Waals surface area contributed by atoms with Crippen LogP contribution in [0.5, 0.6) is 5.75 Å². The number of aliphatic hydroxyl groups is 2. The maximum atomic E-state index is 11.4. The zero-order chi connectivity index (χ0) is 15.0. The average Bonchev–Trinajstić information content (AvgIpc) is 2.41. The second-order valence-electron chi connectivity index (χ2n) is 5.18. The first-order chi connectivity index (χ1) is 10.0. The van der Waals surface area contributed by atoms with Crippen LogP contribution in [-0.4, -0.2) is 33.6 Å². The van der Waals surface area contributed by atoms with Gasteiger partial charge in [-0.25, -0.2) is 4.79 Å². The first kappa shape index (κ1) is 14.4. The fourth-order valence-corrected chi connectivity index (χ4v) is 3.46. The van der Waals surface area contributed by atoms with Gasteiger partial charge in [0.25, 0.3) is 0 Å². The first-order valence-electron chi connectivity index (χ1n) is 6.72. The number of aliphatic hydroxyl groups excluding tert-OH is 2. The van der Waals surface area contributed by atoms with Gasteiger partial charge in [0.05, 0.1) is 6.10 Å². The summed E-state index contributed by atoms with van der Waals surface area (Å²) in [4.78, 5) is 11.4. The van der Waals surface area contributed by atoms with Crippen LogP contribution >= 0.6 is 11.8 Å². The van der Waals surface area contributed by atoms with Crippen molar-refractivity contribution in [1.29, 1.82) is 0 Å². The minimum Gasteiger partial charge on any atom is -0.477 e. The van der Waals surface area contributed by atoms with Crippen LogP contribution < -0.4 is 10.4 Å². The Morgan fingerprint density at radius 1 is 1.33 bits per heavy atom. The number of rotatable bonds is 2. The lowest BCUT2D eigenvalue weighted by Gasteiger charge is -2.30. The van der Waals surface area contributed by atoms with E-state index in [2.05, 4.69) is 0 Å². The lowest BCUT2D eigenvalue weighted by atomic mass is 10.1. The summed E-state index contributed by atoms with van der Waals surface area (Å²) >= 11 is 1.37. The van der Waals surface area contributed by atoms with Gasteiger partial charge >= 0.3 is 5.63 Å². The number of fused-ring (bicyclic) bond motifs is 1. The molecule has 0 bridgehead atoms. The fourth-order valence-electron chi connectivity index (χ4n) is 2.40. The van der Waals surface area contributed by atoms with Crippen LogP contribution in [0.25, 0.3) is 11.0 Å². The van der Waals surface area contributed by atoms with Gasteiger partial charge in [0.15, 0.2) is 5.44 Å². The molecule has 6 heteroatoms. The van der Waals surface area contributed by atoms with Crippen molar-refractivity contribution < 1.29 is 19.4 Å². The summed E-state index contributed by atoms with van der Waals surface area (Å²) in [5.74, 6) is 1.06. The molecule has 0 radical (unpaired) electrons. The summed E-state index contributed by atoms with van der Waals surface area (Å²) in [6.07, 6.45) is -0.916. The number of ether oxygens (including phenoxy) is 1. The molecule has 2 heterocycles. The van der Waals surface area contributed by atoms with E-state index in [1.54, 1.807) is 12.1 Å². The first-order valence-corrected chi connectivity index (χ1v) is 7.77. The van der Waals surface area contributed by atoms with Gasteiger partial charge in [-0.05, 0) is 24.6 Å². The van der Waals surface area contributed by atoms with Crippen molar-refractivity contribution in [3.05, 3.63) is 40.2 Å². The topological polar surface area (TPSA) is 79.9 Å². The van der Waals surface area contributed by atoms with Gasteiger partial charge in [-0.15, -0.1) is 11.8 Å². The Bertz CT molecular complexity index is 711. The molecule has 21 heavy (non-hydrogen) atoms. The lowest BCUT2D eigenvalue weighted by Crippen LogP contribution is -2.38. The van der Waals surface area contributed by atoms with E-state index >= 15 is 0 Å². The molecule has 0 aliphatic carbocycles. The molecule has 112 valence electrons. The van der Waals surface area contributed by atoms with Crippen LogP contribution in [0.2, 0.25) is 0 Å². The summed E-state index contributed by atoms with van der Waals surface area (Å²) in [6, 6.07) is 6.72. The van der Waals surface area contributed by atoms with Gasteiger partial charge in [-0.2, -0.15) is 0 Å². The van der Waals surface area contributed by atoms with Crippen LogP contribution in [0.1, 0.15) is 12.0 Å². The van der Waals surface area contributed by atoms with E-state index in [0.29, 0.717) is 23.5 Å². The Morgan fingerprint density at radius 2 is 2.14 bits per heavy atom. The fraction of sp³-hybridized carbons (Fsp3) is 0.400. The zero-order valence-corrected chi connectivity index (χ0v) is 12.3. The molecule has 2 N–H and O–H groups in total. The van der Waals surface area contributed by atoms with Crippen molar-refractivity contribution in [3.63, 3.8) is 0 Å². The Labute approximate surface area is 125 Å². The number of aryl methyl sites for hydroxylation is 1. The van der Waals surface area contributed by atoms with Crippen molar-refractivity contribution in [2.24, 2.45) is 0 Å². The highest BCUT2D eigenvalue weighted by atomic mass is 32.2. The van der Waals surface area contributed by atoms with E-state index in [-0.39, 0.29) is 0 Å². The number of hydrogen-bond donors (Lipinski definition) is 2. The van der Waals surface area contributed by atoms with E-state index in [9.17, 15) is 15.0 Å². The third-order valence-electron chi connectivity index (χ3n) is 3.46. The molecule has 1 saturated heterocycles. The van der Waals surface area contributed by atoms with Gasteiger partial charge in [-0.3, -0.25) is 0 Å². The zero-order valence-electron chi connectivity index (χ0n) is 11.5. The SMILES string of the molecule is Cc1cc(=O)oc2cc(O[C@@H]3SCC(O)CC3O)ccc12. The molecule has 1 aliphatic rings. The van der Waals surface area contributed by atoms with E-state index in [1.807, 2.05) is 13.0 Å². The Morgan fingerprint density at radius 3 is 2.90 bits per heavy atom. The maximum absolute atomic E-state index is 11.4. The molecule has 1 aliphatic heterocycles. The van der Waals surface area contributed by atoms with Crippen molar-refractivity contribution >= 4 is 22.7 Å². The quantitative estimate of drug-likeness (QED) is 0.822. The van der Waals surface area contributed by atoms with Gasteiger partial charge in [0.1, 0.15) is 17.4 Å². The molecule has 0 spiro atoms. The summed E-state index contributed by atoms with van der Waals surface area (Å²) in [6.45, 7) is 1.85. The van der Waals surface area contributed by atoms with Crippen molar-refractivity contribution in [2.45, 2.75) is 31.0 Å². The molecule has 1 aromatic heterocycles. The highest BCUT2D eigenvalue weighted by molar-refractivity contribution is 7.99. The maximum Gasteiger partial charge on any atom is 0.336 e. The molecule has 0 saturated carbocycles. The van der Waals surface area contributed by atoms with E-state index in [1.165, 1.54) is 17.8 Å². The van der Waals surface area contributed by atoms with E-state index in [4.69, 9.17) is 9.15 Å². The van der Waals surface area contributed by atoms with Gasteiger partial charge < -0.3 is 19.4 Å². The van der Waals surface area contributed by atoms with Gasteiger partial charge in [-0.1, -0.05) is 0 Å². The minimum atomic E-state index is -0.723. The highest BCUT2D eigenvalue weighted by Gasteiger charge is 2.30. The largest absolute Gasteiger partial charge is 0.477 e. The van der Waals surface area contributed by atoms with Gasteiger partial charge in [0, 0.05) is 29.7 Å². The molecule has 2 unspecified atom stereocenters. The Kier molecular flexibility index (Phi) is 3.93. The summed E-state index contributed by atoms with van der Waals surface area (Å²) in [5.41, 5.74) is 0.491. The normalized spacial score (nSPS) is 26.0. The molecule has 1 aromatic carbocycles. The highest BCUT2D eigenvalue weighted by Crippen LogP contribution is 2.30. The molecular formula is C15H16O5S. The molecular weight excluding hydrogens is 292 g/mol. The van der Waals surface area contributed by atoms with E-state index in [0.717, 1.165) is 10.9 Å². The van der Waals surface area contributed by atoms with Crippen LogP contribution in [0.15, 0.2) is 33.5 Å². The minimum absolute atomic E-state index is 0.305. The third kappa shape index (κ3) is 3.07. The Balaban J connectivity index is 1.86. The second-order valence-corrected chi connectivity index (χ2v) is 6.31. The third-order valence-corrected chi connectivity index (χ3v) is 4.77. The number of benzene rings is 1. The van der Waals surface area contributed by atoms with Gasteiger partial charge in [0.2, 0.25) is 0 Å². The average molecular weight is 308 g/mol. The molecule has 1 fully saturated rings. The second kappa shape index (κ2) is 5.71. The molecule has 0 amide bonds. The van der Waals surface area contributed by atoms with Crippen LogP contribution in [-0.2, 0) is 0 Å². The summed E-state index contributed by atoms with van der Waals surface area (Å²) in [7, 11) is 0. The summed E-state index contributed by atoms with van der Waals surface area (Å²) in [5, 5.41) is 20.3. The van der Waals surface area contributed by atoms with Crippen LogP contribution in [0.4, 0.5) is 0 Å². The number of hydrogen-bond acceptors (Lipinski definition) is 6. The van der Waals surface area contributed by atoms with Crippen molar-refractivity contribution in [3.8, 4) is 5.75 Å². The lowest BCUT2D eigenvalue weighted by molar-refractivity contribution is 0.0346. The molecule has 5 nitrogen and oxygen atoms in total. The predicted molar refractivity (Wildman–Crippen MR) is 80.7 cm³/mol. The number of thioether (sulfide) groups is 1. The van der Waals surface area contributed by atoms with Crippen molar-refractivity contribution in [1.82, 2.24) is 0 Å². The van der Waals surface area contributed by atoms with Crippen molar-refractivity contribution in [2.75, 3.05) is 5.75 Å². The molecule has 2 aromatic rings.